The summed E-state index contributed by atoms with van der Waals surface area (Å²) >= 11 is 0. The Labute approximate surface area is 209 Å². The van der Waals surface area contributed by atoms with Gasteiger partial charge in [0.05, 0.1) is 0 Å². The van der Waals surface area contributed by atoms with Gasteiger partial charge in [-0.25, -0.2) is 0 Å². The molecule has 0 bridgehead atoms. The fourth-order valence-electron chi connectivity index (χ4n) is 3.72. The first-order valence-electron chi connectivity index (χ1n) is 15.3. The van der Waals surface area contributed by atoms with Crippen LogP contribution in [0, 0.1) is 23.7 Å². The van der Waals surface area contributed by atoms with E-state index in [4.69, 9.17) is 0 Å². The zero-order chi connectivity index (χ0) is 25.6. The molecule has 0 saturated heterocycles. The van der Waals surface area contributed by atoms with E-state index in [0.29, 0.717) is 0 Å². The highest BCUT2D eigenvalue weighted by atomic mass is 14.1. The molecule has 0 spiro atoms. The molecule has 0 aliphatic carbocycles. The van der Waals surface area contributed by atoms with Crippen LogP contribution < -0.4 is 0 Å². The van der Waals surface area contributed by atoms with Gasteiger partial charge in [0.2, 0.25) is 0 Å². The quantitative estimate of drug-likeness (QED) is 0.202. The fourth-order valence-corrected chi connectivity index (χ4v) is 3.72. The van der Waals surface area contributed by atoms with Crippen LogP contribution in [0.4, 0.5) is 0 Å². The molecule has 32 heavy (non-hydrogen) atoms. The van der Waals surface area contributed by atoms with Crippen LogP contribution >= 0.6 is 0 Å². The van der Waals surface area contributed by atoms with E-state index in [2.05, 4.69) is 83.1 Å². The van der Waals surface area contributed by atoms with E-state index in [1.807, 2.05) is 0 Å². The lowest BCUT2D eigenvalue weighted by Crippen LogP contribution is -2.03. The first kappa shape index (κ1) is 39.2. The molecule has 2 unspecified atom stereocenters. The average molecular weight is 457 g/mol. The van der Waals surface area contributed by atoms with Crippen molar-refractivity contribution in [2.75, 3.05) is 0 Å². The summed E-state index contributed by atoms with van der Waals surface area (Å²) in [7, 11) is 0. The third kappa shape index (κ3) is 37.3. The summed E-state index contributed by atoms with van der Waals surface area (Å²) in [5, 5.41) is 0. The summed E-state index contributed by atoms with van der Waals surface area (Å²) < 4.78 is 0. The topological polar surface area (TPSA) is 0 Å². The molecule has 0 aliphatic heterocycles. The van der Waals surface area contributed by atoms with Crippen LogP contribution in [0.1, 0.15) is 186 Å². The highest BCUT2D eigenvalue weighted by Gasteiger charge is 2.07. The Hall–Kier alpha value is 0. The summed E-state index contributed by atoms with van der Waals surface area (Å²) in [5.74, 6) is 3.87. The Balaban J connectivity index is -0.000000166. The van der Waals surface area contributed by atoms with Gasteiger partial charge in [0.1, 0.15) is 0 Å². The highest BCUT2D eigenvalue weighted by Crippen LogP contribution is 2.20. The van der Waals surface area contributed by atoms with Crippen LogP contribution in [0.25, 0.3) is 0 Å². The van der Waals surface area contributed by atoms with Gasteiger partial charge in [-0.2, -0.15) is 0 Å². The lowest BCUT2D eigenvalue weighted by molar-refractivity contribution is 0.364. The maximum Gasteiger partial charge on any atom is -0.0417 e. The van der Waals surface area contributed by atoms with Crippen molar-refractivity contribution in [2.45, 2.75) is 186 Å². The smallest absolute Gasteiger partial charge is 0.0417 e. The van der Waals surface area contributed by atoms with Crippen molar-refractivity contribution in [3.63, 3.8) is 0 Å². The molecule has 0 radical (unpaired) electrons. The molecule has 0 heteroatoms. The molecular formula is C32H72. The SMILES string of the molecule is CCC(C)CC(CC)CC.CCCC(CC)CC.CCCCC(C)CC.CCCCCC. The summed E-state index contributed by atoms with van der Waals surface area (Å²) in [6, 6.07) is 0. The molecule has 2 atom stereocenters. The highest BCUT2D eigenvalue weighted by molar-refractivity contribution is 4.59. The van der Waals surface area contributed by atoms with E-state index in [0.717, 1.165) is 23.7 Å². The first-order chi connectivity index (χ1) is 15.3. The Morgan fingerprint density at radius 2 is 0.781 bits per heavy atom. The molecule has 0 aromatic carbocycles. The number of rotatable bonds is 16. The largest absolute Gasteiger partial charge is 0.0654 e. The summed E-state index contributed by atoms with van der Waals surface area (Å²) in [6.07, 6.45) is 22.1. The minimum atomic E-state index is 0.935. The second kappa shape index (κ2) is 35.6. The predicted octanol–water partition coefficient (Wildman–Crippen LogP) is 12.9. The van der Waals surface area contributed by atoms with Gasteiger partial charge in [0.25, 0.3) is 0 Å². The van der Waals surface area contributed by atoms with Crippen molar-refractivity contribution in [3.05, 3.63) is 0 Å². The normalized spacial score (nSPS) is 12.2. The van der Waals surface area contributed by atoms with Crippen molar-refractivity contribution in [2.24, 2.45) is 23.7 Å². The number of unbranched alkanes of at least 4 members (excludes halogenated alkanes) is 4. The second-order valence-electron chi connectivity index (χ2n) is 10.3. The van der Waals surface area contributed by atoms with Gasteiger partial charge in [0.15, 0.2) is 0 Å². The van der Waals surface area contributed by atoms with E-state index >= 15 is 0 Å². The molecule has 200 valence electrons. The monoisotopic (exact) mass is 457 g/mol. The van der Waals surface area contributed by atoms with Gasteiger partial charge >= 0.3 is 0 Å². The molecule has 0 fully saturated rings. The minimum Gasteiger partial charge on any atom is -0.0654 e. The zero-order valence-corrected chi connectivity index (χ0v) is 25.6. The van der Waals surface area contributed by atoms with Crippen LogP contribution in [-0.4, -0.2) is 0 Å². The Bertz CT molecular complexity index is 257. The lowest BCUT2D eigenvalue weighted by Gasteiger charge is -2.16. The summed E-state index contributed by atoms with van der Waals surface area (Å²) in [6.45, 7) is 27.4. The van der Waals surface area contributed by atoms with Crippen LogP contribution in [0.2, 0.25) is 0 Å². The maximum absolute atomic E-state index is 2.36. The van der Waals surface area contributed by atoms with E-state index in [-0.39, 0.29) is 0 Å². The Kier molecular flexibility index (Phi) is 43.6. The van der Waals surface area contributed by atoms with E-state index in [9.17, 15) is 0 Å². The van der Waals surface area contributed by atoms with Crippen molar-refractivity contribution in [1.82, 2.24) is 0 Å². The molecule has 0 heterocycles. The predicted molar refractivity (Wildman–Crippen MR) is 156 cm³/mol. The number of hydrogen-bond donors (Lipinski definition) is 0. The van der Waals surface area contributed by atoms with E-state index in [1.165, 1.54) is 103 Å². The zero-order valence-electron chi connectivity index (χ0n) is 25.6. The number of hydrogen-bond acceptors (Lipinski definition) is 0. The first-order valence-corrected chi connectivity index (χ1v) is 15.3. The fraction of sp³-hybridized carbons (Fsp3) is 1.00. The van der Waals surface area contributed by atoms with Crippen molar-refractivity contribution in [3.8, 4) is 0 Å². The van der Waals surface area contributed by atoms with Crippen LogP contribution in [0.15, 0.2) is 0 Å². The van der Waals surface area contributed by atoms with Crippen molar-refractivity contribution < 1.29 is 0 Å². The van der Waals surface area contributed by atoms with Gasteiger partial charge in [-0.05, 0) is 30.1 Å². The molecule has 0 aromatic heterocycles. The maximum atomic E-state index is 2.36. The van der Waals surface area contributed by atoms with Crippen LogP contribution in [-0.2, 0) is 0 Å². The summed E-state index contributed by atoms with van der Waals surface area (Å²) in [5.41, 5.74) is 0. The average Bonchev–Trinajstić information content (AvgIpc) is 2.83. The molecule has 0 N–H and O–H groups in total. The molecule has 0 rings (SSSR count). The van der Waals surface area contributed by atoms with Gasteiger partial charge in [-0.3, -0.25) is 0 Å². The third-order valence-electron chi connectivity index (χ3n) is 7.14. The summed E-state index contributed by atoms with van der Waals surface area (Å²) in [4.78, 5) is 0. The van der Waals surface area contributed by atoms with Gasteiger partial charge in [-0.15, -0.1) is 0 Å². The molecular weight excluding hydrogens is 384 g/mol. The van der Waals surface area contributed by atoms with Crippen LogP contribution in [0.3, 0.4) is 0 Å². The third-order valence-corrected chi connectivity index (χ3v) is 7.14. The van der Waals surface area contributed by atoms with Gasteiger partial charge in [0, 0.05) is 0 Å². The molecule has 0 amide bonds. The lowest BCUT2D eigenvalue weighted by atomic mass is 9.90. The van der Waals surface area contributed by atoms with Crippen molar-refractivity contribution in [1.29, 1.82) is 0 Å². The minimum absolute atomic E-state index is 0.935. The van der Waals surface area contributed by atoms with E-state index < -0.39 is 0 Å². The van der Waals surface area contributed by atoms with Crippen molar-refractivity contribution >= 4 is 0 Å². The van der Waals surface area contributed by atoms with E-state index in [1.54, 1.807) is 0 Å². The Morgan fingerprint density at radius 1 is 0.375 bits per heavy atom. The Morgan fingerprint density at radius 3 is 1.03 bits per heavy atom. The van der Waals surface area contributed by atoms with Gasteiger partial charge in [-0.1, -0.05) is 179 Å². The molecule has 0 nitrogen and oxygen atoms in total. The molecule has 0 saturated carbocycles. The van der Waals surface area contributed by atoms with Crippen LogP contribution in [0.5, 0.6) is 0 Å². The molecule has 0 aliphatic rings. The molecule has 0 aromatic rings. The standard InChI is InChI=1S/C10H22.2C8H18.C6H14/c1-5-9(4)8-10(6-2)7-3;1-4-6-7-8(3)5-2;1-4-7-8(5-2)6-3;1-3-5-6-4-2/h9-10H,5-8H2,1-4H3;2*8H,4-7H2,1-3H3;3-6H2,1-2H3. The second-order valence-corrected chi connectivity index (χ2v) is 10.3. The van der Waals surface area contributed by atoms with Gasteiger partial charge < -0.3 is 0 Å².